The number of anilines is 1. The van der Waals surface area contributed by atoms with Gasteiger partial charge in [0, 0.05) is 22.4 Å². The van der Waals surface area contributed by atoms with Gasteiger partial charge in [0.15, 0.2) is 5.78 Å². The lowest BCUT2D eigenvalue weighted by atomic mass is 10.00. The molecule has 0 unspecified atom stereocenters. The number of carbonyl (C=O) groups excluding carboxylic acids is 1. The molecule has 0 radical (unpaired) electrons. The topological polar surface area (TPSA) is 98.9 Å². The van der Waals surface area contributed by atoms with Gasteiger partial charge in [0.1, 0.15) is 18.1 Å². The summed E-state index contributed by atoms with van der Waals surface area (Å²) in [6, 6.07) is 8.03. The molecule has 0 fully saturated rings. The van der Waals surface area contributed by atoms with Crippen LogP contribution in [0.5, 0.6) is 11.5 Å². The number of nitrogen functional groups attached to an aromatic ring is 1. The molecule has 0 aromatic heterocycles. The van der Waals surface area contributed by atoms with E-state index in [1.165, 1.54) is 26.2 Å². The van der Waals surface area contributed by atoms with Gasteiger partial charge >= 0.3 is 5.97 Å². The number of methoxy groups -OCH3 is 1. The molecule has 3 N–H and O–H groups in total. The normalized spacial score (nSPS) is 10.4. The van der Waals surface area contributed by atoms with E-state index >= 15 is 0 Å². The van der Waals surface area contributed by atoms with Gasteiger partial charge in [-0.3, -0.25) is 4.79 Å². The van der Waals surface area contributed by atoms with Crippen molar-refractivity contribution in [2.75, 3.05) is 12.8 Å². The molecule has 0 atom stereocenters. The number of aromatic carboxylic acids is 1. The first-order valence-corrected chi connectivity index (χ1v) is 8.34. The van der Waals surface area contributed by atoms with E-state index in [9.17, 15) is 9.59 Å². The minimum atomic E-state index is -1.02. The summed E-state index contributed by atoms with van der Waals surface area (Å²) < 4.78 is 11.2. The highest BCUT2D eigenvalue weighted by molar-refractivity contribution is 6.00. The van der Waals surface area contributed by atoms with Crippen LogP contribution in [0.25, 0.3) is 0 Å². The number of carbonyl (C=O) groups is 2. The molecular formula is C20H23NO5. The number of carboxylic acid groups (broad SMARTS) is 1. The second-order valence-electron chi connectivity index (χ2n) is 5.93. The first-order chi connectivity index (χ1) is 12.4. The fraction of sp³-hybridized carbons (Fsp3) is 0.300. The highest BCUT2D eigenvalue weighted by Crippen LogP contribution is 2.31. The molecule has 26 heavy (non-hydrogen) atoms. The minimum absolute atomic E-state index is 0.0858. The van der Waals surface area contributed by atoms with Crippen LogP contribution in [0.2, 0.25) is 0 Å². The van der Waals surface area contributed by atoms with Gasteiger partial charge in [-0.05, 0) is 37.6 Å². The van der Waals surface area contributed by atoms with Gasteiger partial charge in [-0.25, -0.2) is 4.79 Å². The van der Waals surface area contributed by atoms with Crippen molar-refractivity contribution < 1.29 is 24.2 Å². The molecule has 0 saturated heterocycles. The lowest BCUT2D eigenvalue weighted by Crippen LogP contribution is -2.08. The fourth-order valence-electron chi connectivity index (χ4n) is 2.75. The molecule has 0 aliphatic carbocycles. The van der Waals surface area contributed by atoms with Crippen molar-refractivity contribution in [1.82, 2.24) is 0 Å². The summed E-state index contributed by atoms with van der Waals surface area (Å²) >= 11 is 0. The summed E-state index contributed by atoms with van der Waals surface area (Å²) in [5.41, 5.74) is 8.77. The van der Waals surface area contributed by atoms with Crippen LogP contribution in [0.1, 0.15) is 52.1 Å². The van der Waals surface area contributed by atoms with Crippen LogP contribution < -0.4 is 15.2 Å². The number of ether oxygens (including phenoxy) is 2. The van der Waals surface area contributed by atoms with Crippen LogP contribution in [0, 0.1) is 0 Å². The standard InChI is InChI=1S/C20H23NO5/c1-4-5-16-17(9-8-15(12(2)22)19(16)21)26-11-14-7-6-13(20(23)24)10-18(14)25-3/h6-10H,4-5,11,21H2,1-3H3,(H,23,24). The van der Waals surface area contributed by atoms with Gasteiger partial charge in [-0.15, -0.1) is 0 Å². The van der Waals surface area contributed by atoms with Crippen molar-refractivity contribution in [3.63, 3.8) is 0 Å². The Morgan fingerprint density at radius 2 is 1.88 bits per heavy atom. The van der Waals surface area contributed by atoms with Crippen LogP contribution in [-0.4, -0.2) is 24.0 Å². The van der Waals surface area contributed by atoms with Gasteiger partial charge in [-0.2, -0.15) is 0 Å². The maximum Gasteiger partial charge on any atom is 0.335 e. The number of Topliss-reactive ketones (excluding diaryl/α,β-unsaturated/α-hetero) is 1. The predicted octanol–water partition coefficient (Wildman–Crippen LogP) is 3.71. The van der Waals surface area contributed by atoms with E-state index in [2.05, 4.69) is 0 Å². The molecule has 6 heteroatoms. The van der Waals surface area contributed by atoms with Gasteiger partial charge in [0.25, 0.3) is 0 Å². The second kappa shape index (κ2) is 8.38. The molecule has 138 valence electrons. The molecule has 0 heterocycles. The Balaban J connectivity index is 2.30. The van der Waals surface area contributed by atoms with Crippen LogP contribution in [0.15, 0.2) is 30.3 Å². The Labute approximate surface area is 152 Å². The Kier molecular flexibility index (Phi) is 6.22. The lowest BCUT2D eigenvalue weighted by molar-refractivity contribution is 0.0696. The van der Waals surface area contributed by atoms with Gasteiger partial charge in [-0.1, -0.05) is 19.4 Å². The molecule has 2 aromatic rings. The smallest absolute Gasteiger partial charge is 0.335 e. The highest BCUT2D eigenvalue weighted by Gasteiger charge is 2.15. The summed E-state index contributed by atoms with van der Waals surface area (Å²) in [7, 11) is 1.48. The SMILES string of the molecule is CCCc1c(OCc2ccc(C(=O)O)cc2OC)ccc(C(C)=O)c1N. The van der Waals surface area contributed by atoms with Gasteiger partial charge < -0.3 is 20.3 Å². The van der Waals surface area contributed by atoms with Crippen LogP contribution in [-0.2, 0) is 13.0 Å². The van der Waals surface area contributed by atoms with E-state index in [1.54, 1.807) is 18.2 Å². The maximum absolute atomic E-state index is 11.7. The maximum atomic E-state index is 11.7. The molecule has 0 aliphatic rings. The van der Waals surface area contributed by atoms with E-state index in [-0.39, 0.29) is 18.0 Å². The van der Waals surface area contributed by atoms with Crippen molar-refractivity contribution in [2.24, 2.45) is 0 Å². The predicted molar refractivity (Wildman–Crippen MR) is 99.1 cm³/mol. The van der Waals surface area contributed by atoms with Crippen LogP contribution in [0.4, 0.5) is 5.69 Å². The summed E-state index contributed by atoms with van der Waals surface area (Å²) in [6.07, 6.45) is 1.55. The Morgan fingerprint density at radius 1 is 1.15 bits per heavy atom. The first kappa shape index (κ1) is 19.3. The Morgan fingerprint density at radius 3 is 2.46 bits per heavy atom. The van der Waals surface area contributed by atoms with Crippen molar-refractivity contribution >= 4 is 17.4 Å². The summed E-state index contributed by atoms with van der Waals surface area (Å²) in [5, 5.41) is 9.07. The lowest BCUT2D eigenvalue weighted by Gasteiger charge is -2.16. The van der Waals surface area contributed by atoms with Crippen LogP contribution >= 0.6 is 0 Å². The fourth-order valence-corrected chi connectivity index (χ4v) is 2.75. The Bertz CT molecular complexity index is 829. The van der Waals surface area contributed by atoms with E-state index in [0.29, 0.717) is 34.7 Å². The monoisotopic (exact) mass is 357 g/mol. The third-order valence-electron chi connectivity index (χ3n) is 4.11. The van der Waals surface area contributed by atoms with Crippen LogP contribution in [0.3, 0.4) is 0 Å². The molecule has 0 aliphatic heterocycles. The Hall–Kier alpha value is -3.02. The molecule has 6 nitrogen and oxygen atoms in total. The molecule has 0 spiro atoms. The van der Waals surface area contributed by atoms with E-state index < -0.39 is 5.97 Å². The van der Waals surface area contributed by atoms with Crippen molar-refractivity contribution in [3.8, 4) is 11.5 Å². The number of ketones is 1. The number of carboxylic acids is 1. The summed E-state index contributed by atoms with van der Waals surface area (Å²) in [5.74, 6) is -0.0556. The number of hydrogen-bond donors (Lipinski definition) is 2. The van der Waals surface area contributed by atoms with E-state index in [0.717, 1.165) is 12.0 Å². The molecule has 2 rings (SSSR count). The number of hydrogen-bond acceptors (Lipinski definition) is 5. The zero-order valence-electron chi connectivity index (χ0n) is 15.2. The first-order valence-electron chi connectivity index (χ1n) is 8.34. The van der Waals surface area contributed by atoms with Crippen molar-refractivity contribution in [2.45, 2.75) is 33.3 Å². The van der Waals surface area contributed by atoms with E-state index in [4.69, 9.17) is 20.3 Å². The molecule has 2 aromatic carbocycles. The van der Waals surface area contributed by atoms with Gasteiger partial charge in [0.05, 0.1) is 12.7 Å². The zero-order chi connectivity index (χ0) is 19.3. The number of rotatable bonds is 8. The molecule has 0 bridgehead atoms. The third kappa shape index (κ3) is 4.14. The van der Waals surface area contributed by atoms with Crippen molar-refractivity contribution in [1.29, 1.82) is 0 Å². The summed E-state index contributed by atoms with van der Waals surface area (Å²) in [6.45, 7) is 3.70. The quantitative estimate of drug-likeness (QED) is 0.552. The summed E-state index contributed by atoms with van der Waals surface area (Å²) in [4.78, 5) is 22.8. The molecular weight excluding hydrogens is 334 g/mol. The van der Waals surface area contributed by atoms with Crippen molar-refractivity contribution in [3.05, 3.63) is 52.6 Å². The number of benzene rings is 2. The highest BCUT2D eigenvalue weighted by atomic mass is 16.5. The average Bonchev–Trinajstić information content (AvgIpc) is 2.61. The molecule has 0 amide bonds. The van der Waals surface area contributed by atoms with E-state index in [1.807, 2.05) is 6.92 Å². The molecule has 0 saturated carbocycles. The largest absolute Gasteiger partial charge is 0.496 e. The zero-order valence-corrected chi connectivity index (χ0v) is 15.2. The van der Waals surface area contributed by atoms with Gasteiger partial charge in [0.2, 0.25) is 0 Å². The minimum Gasteiger partial charge on any atom is -0.496 e. The second-order valence-corrected chi connectivity index (χ2v) is 5.93. The third-order valence-corrected chi connectivity index (χ3v) is 4.11. The average molecular weight is 357 g/mol. The number of nitrogens with two attached hydrogens (primary N) is 1.